The Kier molecular flexibility index (Phi) is 5.57. The fourth-order valence-electron chi connectivity index (χ4n) is 3.52. The average Bonchev–Trinajstić information content (AvgIpc) is 3.09. The summed E-state index contributed by atoms with van der Waals surface area (Å²) >= 11 is 0. The highest BCUT2D eigenvalue weighted by Crippen LogP contribution is 2.31. The van der Waals surface area contributed by atoms with Gasteiger partial charge in [0.2, 0.25) is 0 Å². The van der Waals surface area contributed by atoms with Gasteiger partial charge in [0.05, 0.1) is 12.8 Å². The Hall–Kier alpha value is -3.59. The molecule has 0 atom stereocenters. The van der Waals surface area contributed by atoms with Crippen molar-refractivity contribution in [3.05, 3.63) is 113 Å². The first-order chi connectivity index (χ1) is 14.2. The summed E-state index contributed by atoms with van der Waals surface area (Å²) in [5, 5.41) is 0. The number of amides is 1. The zero-order chi connectivity index (χ0) is 20.1. The van der Waals surface area contributed by atoms with Crippen molar-refractivity contribution in [2.45, 2.75) is 6.42 Å². The van der Waals surface area contributed by atoms with Crippen LogP contribution < -0.4 is 4.74 Å². The maximum absolute atomic E-state index is 13.2. The number of ether oxygens (including phenoxy) is 1. The van der Waals surface area contributed by atoms with Gasteiger partial charge in [0.15, 0.2) is 0 Å². The summed E-state index contributed by atoms with van der Waals surface area (Å²) in [5.74, 6) is 0.806. The van der Waals surface area contributed by atoms with Crippen molar-refractivity contribution in [1.29, 1.82) is 0 Å². The maximum Gasteiger partial charge on any atom is 0.258 e. The van der Waals surface area contributed by atoms with Crippen LogP contribution >= 0.6 is 0 Å². The van der Waals surface area contributed by atoms with Crippen molar-refractivity contribution < 1.29 is 9.53 Å². The molecule has 3 heteroatoms. The van der Waals surface area contributed by atoms with Gasteiger partial charge in [-0.2, -0.15) is 0 Å². The third-order valence-corrected chi connectivity index (χ3v) is 5.03. The van der Waals surface area contributed by atoms with Crippen LogP contribution in [0.2, 0.25) is 0 Å². The topological polar surface area (TPSA) is 29.5 Å². The van der Waals surface area contributed by atoms with E-state index in [-0.39, 0.29) is 5.91 Å². The number of carbonyl (C=O) groups excluding carboxylic acids is 1. The predicted octanol–water partition coefficient (Wildman–Crippen LogP) is 5.20. The number of methoxy groups -OCH3 is 1. The number of benzene rings is 3. The molecule has 144 valence electrons. The van der Waals surface area contributed by atoms with Gasteiger partial charge >= 0.3 is 0 Å². The zero-order valence-electron chi connectivity index (χ0n) is 16.4. The van der Waals surface area contributed by atoms with E-state index in [2.05, 4.69) is 12.1 Å². The fourth-order valence-corrected chi connectivity index (χ4v) is 3.52. The Morgan fingerprint density at radius 3 is 2.34 bits per heavy atom. The van der Waals surface area contributed by atoms with E-state index in [9.17, 15) is 4.79 Å². The molecule has 1 aliphatic heterocycles. The van der Waals surface area contributed by atoms with Crippen LogP contribution in [0.3, 0.4) is 0 Å². The maximum atomic E-state index is 13.2. The smallest absolute Gasteiger partial charge is 0.258 e. The van der Waals surface area contributed by atoms with Crippen molar-refractivity contribution in [3.8, 4) is 5.75 Å². The Morgan fingerprint density at radius 2 is 1.62 bits per heavy atom. The molecule has 29 heavy (non-hydrogen) atoms. The number of nitrogens with zero attached hydrogens (tertiary/aromatic N) is 1. The molecule has 0 radical (unpaired) electrons. The van der Waals surface area contributed by atoms with Crippen molar-refractivity contribution >= 4 is 17.7 Å². The van der Waals surface area contributed by atoms with Gasteiger partial charge in [-0.05, 0) is 47.4 Å². The lowest BCUT2D eigenvalue weighted by Gasteiger charge is -2.20. The molecule has 0 aromatic heterocycles. The first-order valence-electron chi connectivity index (χ1n) is 9.73. The quantitative estimate of drug-likeness (QED) is 0.549. The van der Waals surface area contributed by atoms with E-state index >= 15 is 0 Å². The monoisotopic (exact) mass is 381 g/mol. The van der Waals surface area contributed by atoms with Crippen LogP contribution in [-0.4, -0.2) is 24.5 Å². The lowest BCUT2D eigenvalue weighted by molar-refractivity contribution is -0.122. The van der Waals surface area contributed by atoms with Crippen LogP contribution in [0, 0.1) is 0 Å². The van der Waals surface area contributed by atoms with Gasteiger partial charge in [-0.25, -0.2) is 0 Å². The minimum absolute atomic E-state index is 0.0302. The second-order valence-corrected chi connectivity index (χ2v) is 6.96. The summed E-state index contributed by atoms with van der Waals surface area (Å²) in [6.07, 6.45) is 4.72. The highest BCUT2D eigenvalue weighted by Gasteiger charge is 2.28. The first kappa shape index (κ1) is 18.8. The first-order valence-corrected chi connectivity index (χ1v) is 9.73. The highest BCUT2D eigenvalue weighted by atomic mass is 16.5. The third-order valence-electron chi connectivity index (χ3n) is 5.03. The van der Waals surface area contributed by atoms with Crippen molar-refractivity contribution in [3.63, 3.8) is 0 Å². The summed E-state index contributed by atoms with van der Waals surface area (Å²) < 4.78 is 5.31. The van der Waals surface area contributed by atoms with E-state index in [1.54, 1.807) is 7.11 Å². The lowest BCUT2D eigenvalue weighted by Crippen LogP contribution is -2.27. The van der Waals surface area contributed by atoms with Crippen LogP contribution in [0.5, 0.6) is 5.75 Å². The third kappa shape index (κ3) is 4.30. The highest BCUT2D eigenvalue weighted by molar-refractivity contribution is 6.10. The second-order valence-electron chi connectivity index (χ2n) is 6.96. The number of carbonyl (C=O) groups is 1. The van der Waals surface area contributed by atoms with Crippen molar-refractivity contribution in [2.24, 2.45) is 0 Å². The van der Waals surface area contributed by atoms with Crippen molar-refractivity contribution in [2.75, 3.05) is 13.7 Å². The van der Waals surface area contributed by atoms with Gasteiger partial charge in [-0.3, -0.25) is 4.79 Å². The molecule has 0 spiro atoms. The van der Waals surface area contributed by atoms with Crippen LogP contribution in [0.4, 0.5) is 0 Å². The molecule has 0 saturated heterocycles. The van der Waals surface area contributed by atoms with Gasteiger partial charge < -0.3 is 9.64 Å². The molecule has 1 aliphatic rings. The van der Waals surface area contributed by atoms with E-state index in [4.69, 9.17) is 4.74 Å². The number of rotatable bonds is 6. The van der Waals surface area contributed by atoms with Gasteiger partial charge in [0.25, 0.3) is 5.91 Å². The summed E-state index contributed by atoms with van der Waals surface area (Å²) in [6.45, 7) is 0.638. The fraction of sp³-hybridized carbons (Fsp3) is 0.115. The normalized spacial score (nSPS) is 14.9. The molecule has 3 aromatic carbocycles. The zero-order valence-corrected chi connectivity index (χ0v) is 16.4. The minimum Gasteiger partial charge on any atom is -0.497 e. The minimum atomic E-state index is 0.0302. The van der Waals surface area contributed by atoms with Gasteiger partial charge in [0, 0.05) is 12.1 Å². The van der Waals surface area contributed by atoms with Crippen LogP contribution in [0.25, 0.3) is 11.8 Å². The molecule has 0 bridgehead atoms. The molecule has 1 amide bonds. The van der Waals surface area contributed by atoms with Crippen LogP contribution in [-0.2, 0) is 11.2 Å². The van der Waals surface area contributed by atoms with Crippen LogP contribution in [0.1, 0.15) is 16.7 Å². The van der Waals surface area contributed by atoms with E-state index in [0.717, 1.165) is 29.0 Å². The molecule has 0 unspecified atom stereocenters. The molecular formula is C26H23NO2. The Morgan fingerprint density at radius 1 is 0.897 bits per heavy atom. The number of hydrogen-bond acceptors (Lipinski definition) is 2. The molecular weight excluding hydrogens is 358 g/mol. The number of hydrogen-bond donors (Lipinski definition) is 0. The van der Waals surface area contributed by atoms with E-state index < -0.39 is 0 Å². The predicted molar refractivity (Wildman–Crippen MR) is 117 cm³/mol. The molecule has 4 rings (SSSR count). The van der Waals surface area contributed by atoms with E-state index in [1.807, 2.05) is 89.8 Å². The second kappa shape index (κ2) is 8.61. The van der Waals surface area contributed by atoms with E-state index in [1.165, 1.54) is 5.56 Å². The average molecular weight is 381 g/mol. The van der Waals surface area contributed by atoms with Gasteiger partial charge in [0.1, 0.15) is 5.75 Å². The molecule has 0 N–H and O–H groups in total. The lowest BCUT2D eigenvalue weighted by atomic mass is 10.1. The van der Waals surface area contributed by atoms with Gasteiger partial charge in [-0.15, -0.1) is 0 Å². The Labute approximate surface area is 171 Å². The Bertz CT molecular complexity index is 1050. The summed E-state index contributed by atoms with van der Waals surface area (Å²) in [5.41, 5.74) is 4.84. The molecule has 1 heterocycles. The standard InChI is InChI=1S/C26H23NO2/c1-29-24-14-8-11-21(18-24)17-23-19-25(22-12-6-3-7-13-22)27(26(23)28)16-15-20-9-4-2-5-10-20/h2-14,17-19H,15-16H2,1H3/b23-17+. The Balaban J connectivity index is 1.66. The molecule has 0 saturated carbocycles. The largest absolute Gasteiger partial charge is 0.497 e. The molecule has 3 aromatic rings. The molecule has 0 fully saturated rings. The summed E-state index contributed by atoms with van der Waals surface area (Å²) in [7, 11) is 1.64. The molecule has 3 nitrogen and oxygen atoms in total. The summed E-state index contributed by atoms with van der Waals surface area (Å²) in [4.78, 5) is 15.1. The molecule has 0 aliphatic carbocycles. The van der Waals surface area contributed by atoms with Gasteiger partial charge in [-0.1, -0.05) is 72.8 Å². The van der Waals surface area contributed by atoms with Crippen molar-refractivity contribution in [1.82, 2.24) is 4.90 Å². The van der Waals surface area contributed by atoms with E-state index in [0.29, 0.717) is 12.1 Å². The summed E-state index contributed by atoms with van der Waals surface area (Å²) in [6, 6.07) is 28.1. The van der Waals surface area contributed by atoms with Crippen LogP contribution in [0.15, 0.2) is 96.6 Å². The SMILES string of the molecule is COc1cccc(/C=C2\C=C(c3ccccc3)N(CCc3ccccc3)C2=O)c1.